The summed E-state index contributed by atoms with van der Waals surface area (Å²) in [4.78, 5) is 12.3. The Morgan fingerprint density at radius 2 is 2.10 bits per heavy atom. The number of Topliss-reactive ketones (excluding diaryl/α,β-unsaturated/α-hetero) is 1. The van der Waals surface area contributed by atoms with Crippen LogP contribution >= 0.6 is 11.6 Å². The van der Waals surface area contributed by atoms with E-state index in [1.165, 1.54) is 0 Å². The number of hydrogen-bond donors (Lipinski definition) is 1. The molecule has 0 spiro atoms. The van der Waals surface area contributed by atoms with Gasteiger partial charge in [-0.3, -0.25) is 4.79 Å². The van der Waals surface area contributed by atoms with Crippen molar-refractivity contribution < 1.29 is 9.53 Å². The average molecular weight is 294 g/mol. The van der Waals surface area contributed by atoms with Crippen molar-refractivity contribution in [1.82, 2.24) is 0 Å². The molecule has 1 aliphatic carbocycles. The van der Waals surface area contributed by atoms with Crippen molar-refractivity contribution in [3.05, 3.63) is 28.3 Å². The molecule has 108 valence electrons. The summed E-state index contributed by atoms with van der Waals surface area (Å²) in [5.41, 5.74) is 8.03. The highest BCUT2D eigenvalue weighted by Gasteiger charge is 2.32. The van der Waals surface area contributed by atoms with Gasteiger partial charge in [-0.25, -0.2) is 0 Å². The molecule has 0 atom stereocenters. The summed E-state index contributed by atoms with van der Waals surface area (Å²) in [5.74, 6) is 1.05. The van der Waals surface area contributed by atoms with Crippen molar-refractivity contribution in [1.29, 1.82) is 0 Å². The Morgan fingerprint density at radius 3 is 2.85 bits per heavy atom. The van der Waals surface area contributed by atoms with Crippen molar-refractivity contribution in [2.24, 2.45) is 5.73 Å². The molecule has 3 rings (SSSR count). The minimum absolute atomic E-state index is 0.189. The van der Waals surface area contributed by atoms with Gasteiger partial charge in [-0.05, 0) is 30.5 Å². The van der Waals surface area contributed by atoms with Gasteiger partial charge in [-0.15, -0.1) is 0 Å². The molecule has 2 N–H and O–H groups in total. The van der Waals surface area contributed by atoms with Gasteiger partial charge in [-0.1, -0.05) is 24.4 Å². The van der Waals surface area contributed by atoms with Crippen LogP contribution in [0.5, 0.6) is 5.75 Å². The summed E-state index contributed by atoms with van der Waals surface area (Å²) < 4.78 is 5.64. The number of carbonyl (C=O) groups excluding carboxylic acids is 1. The van der Waals surface area contributed by atoms with Crippen LogP contribution in [-0.4, -0.2) is 17.9 Å². The Balaban J connectivity index is 1.73. The van der Waals surface area contributed by atoms with Crippen molar-refractivity contribution in [2.45, 2.75) is 50.5 Å². The van der Waals surface area contributed by atoms with Gasteiger partial charge in [0.1, 0.15) is 11.5 Å². The molecule has 0 bridgehead atoms. The largest absolute Gasteiger partial charge is 0.493 e. The molecule has 0 saturated heterocycles. The van der Waals surface area contributed by atoms with E-state index in [0.717, 1.165) is 49.0 Å². The number of halogens is 1. The second-order valence-corrected chi connectivity index (χ2v) is 6.55. The third-order valence-corrected chi connectivity index (χ3v) is 4.58. The molecule has 0 amide bonds. The Kier molecular flexibility index (Phi) is 3.74. The van der Waals surface area contributed by atoms with E-state index >= 15 is 0 Å². The lowest BCUT2D eigenvalue weighted by atomic mass is 9.90. The second-order valence-electron chi connectivity index (χ2n) is 6.11. The molecular formula is C16H20ClNO2. The summed E-state index contributed by atoms with van der Waals surface area (Å²) in [7, 11) is 0. The molecule has 0 radical (unpaired) electrons. The Labute approximate surface area is 124 Å². The third kappa shape index (κ3) is 2.84. The molecule has 1 saturated carbocycles. The van der Waals surface area contributed by atoms with Crippen molar-refractivity contribution >= 4 is 17.4 Å². The number of nitrogens with two attached hydrogens (primary N) is 1. The van der Waals surface area contributed by atoms with Gasteiger partial charge in [0.05, 0.1) is 6.61 Å². The lowest BCUT2D eigenvalue weighted by Crippen LogP contribution is -2.39. The van der Waals surface area contributed by atoms with Crippen LogP contribution < -0.4 is 10.5 Å². The van der Waals surface area contributed by atoms with Gasteiger partial charge in [-0.2, -0.15) is 0 Å². The monoisotopic (exact) mass is 293 g/mol. The number of carbonyl (C=O) groups is 1. The van der Waals surface area contributed by atoms with E-state index in [4.69, 9.17) is 22.1 Å². The van der Waals surface area contributed by atoms with Gasteiger partial charge in [0.15, 0.2) is 0 Å². The summed E-state index contributed by atoms with van der Waals surface area (Å²) in [6.45, 7) is 0.678. The molecule has 0 unspecified atom stereocenters. The number of hydrogen-bond acceptors (Lipinski definition) is 3. The summed E-state index contributed by atoms with van der Waals surface area (Å²) >= 11 is 6.12. The Bertz CT molecular complexity index is 536. The zero-order chi connectivity index (χ0) is 14.2. The normalized spacial score (nSPS) is 19.7. The summed E-state index contributed by atoms with van der Waals surface area (Å²) in [6.07, 6.45) is 5.92. The SMILES string of the molecule is NC1(CC(=O)Cc2cc(Cl)cc3c2OCC3)CCCC1. The van der Waals surface area contributed by atoms with E-state index in [2.05, 4.69) is 0 Å². The Hall–Kier alpha value is -1.06. The first kappa shape index (κ1) is 13.9. The first-order valence-corrected chi connectivity index (χ1v) is 7.68. The van der Waals surface area contributed by atoms with Crippen molar-refractivity contribution in [3.63, 3.8) is 0 Å². The van der Waals surface area contributed by atoms with Gasteiger partial charge in [0.2, 0.25) is 0 Å². The van der Waals surface area contributed by atoms with Gasteiger partial charge >= 0.3 is 0 Å². The molecule has 2 aliphatic rings. The number of ether oxygens (including phenoxy) is 1. The van der Waals surface area contributed by atoms with E-state index in [-0.39, 0.29) is 11.3 Å². The minimum atomic E-state index is -0.278. The Morgan fingerprint density at radius 1 is 1.35 bits per heavy atom. The van der Waals surface area contributed by atoms with Crippen LogP contribution in [0.1, 0.15) is 43.2 Å². The molecule has 1 aliphatic heterocycles. The summed E-state index contributed by atoms with van der Waals surface area (Å²) in [5, 5.41) is 0.681. The van der Waals surface area contributed by atoms with Crippen molar-refractivity contribution in [2.75, 3.05) is 6.61 Å². The van der Waals surface area contributed by atoms with E-state index in [9.17, 15) is 4.79 Å². The smallest absolute Gasteiger partial charge is 0.139 e. The molecule has 3 nitrogen and oxygen atoms in total. The van der Waals surface area contributed by atoms with Gasteiger partial charge in [0.25, 0.3) is 0 Å². The van der Waals surface area contributed by atoms with E-state index in [1.807, 2.05) is 12.1 Å². The molecule has 1 fully saturated rings. The van der Waals surface area contributed by atoms with E-state index in [0.29, 0.717) is 24.5 Å². The number of fused-ring (bicyclic) bond motifs is 1. The quantitative estimate of drug-likeness (QED) is 0.928. The topological polar surface area (TPSA) is 52.3 Å². The lowest BCUT2D eigenvalue weighted by molar-refractivity contribution is -0.119. The maximum Gasteiger partial charge on any atom is 0.139 e. The standard InChI is InChI=1S/C16H20ClNO2/c17-13-7-11-3-6-20-15(11)12(8-13)9-14(19)10-16(18)4-1-2-5-16/h7-8H,1-6,9-10,18H2. The molecule has 1 aromatic carbocycles. The van der Waals surface area contributed by atoms with Crippen LogP contribution in [0.3, 0.4) is 0 Å². The maximum absolute atomic E-state index is 12.3. The van der Waals surface area contributed by atoms with Crippen LogP contribution in [0.25, 0.3) is 0 Å². The molecule has 20 heavy (non-hydrogen) atoms. The fourth-order valence-electron chi connectivity index (χ4n) is 3.40. The van der Waals surface area contributed by atoms with Crippen LogP contribution in [0.4, 0.5) is 0 Å². The van der Waals surface area contributed by atoms with Gasteiger partial charge < -0.3 is 10.5 Å². The first-order valence-electron chi connectivity index (χ1n) is 7.30. The highest BCUT2D eigenvalue weighted by Crippen LogP contribution is 2.35. The van der Waals surface area contributed by atoms with Crippen LogP contribution in [0.2, 0.25) is 5.02 Å². The average Bonchev–Trinajstić information content (AvgIpc) is 2.97. The van der Waals surface area contributed by atoms with Crippen LogP contribution in [0, 0.1) is 0 Å². The van der Waals surface area contributed by atoms with Crippen LogP contribution in [0.15, 0.2) is 12.1 Å². The number of benzene rings is 1. The molecule has 0 aromatic heterocycles. The number of ketones is 1. The van der Waals surface area contributed by atoms with Gasteiger partial charge in [0, 0.05) is 35.4 Å². The predicted molar refractivity (Wildman–Crippen MR) is 79.4 cm³/mol. The zero-order valence-corrected chi connectivity index (χ0v) is 12.3. The lowest BCUT2D eigenvalue weighted by Gasteiger charge is -2.22. The summed E-state index contributed by atoms with van der Waals surface area (Å²) in [6, 6.07) is 3.78. The molecule has 1 heterocycles. The molecule has 1 aromatic rings. The molecule has 4 heteroatoms. The zero-order valence-electron chi connectivity index (χ0n) is 11.6. The maximum atomic E-state index is 12.3. The van der Waals surface area contributed by atoms with Crippen LogP contribution in [-0.2, 0) is 17.6 Å². The highest BCUT2D eigenvalue weighted by molar-refractivity contribution is 6.30. The third-order valence-electron chi connectivity index (χ3n) is 4.36. The fourth-order valence-corrected chi connectivity index (χ4v) is 3.66. The van der Waals surface area contributed by atoms with Crippen molar-refractivity contribution in [3.8, 4) is 5.75 Å². The molecular weight excluding hydrogens is 274 g/mol. The number of rotatable bonds is 4. The fraction of sp³-hybridized carbons (Fsp3) is 0.562. The predicted octanol–water partition coefficient (Wildman–Crippen LogP) is 3.05. The second kappa shape index (κ2) is 5.38. The first-order chi connectivity index (χ1) is 9.56. The van der Waals surface area contributed by atoms with E-state index < -0.39 is 0 Å². The minimum Gasteiger partial charge on any atom is -0.493 e. The van der Waals surface area contributed by atoms with E-state index in [1.54, 1.807) is 0 Å². The highest BCUT2D eigenvalue weighted by atomic mass is 35.5.